The van der Waals surface area contributed by atoms with Gasteiger partial charge in [0.2, 0.25) is 23.6 Å². The maximum Gasteiger partial charge on any atom is 0.325 e. The molecule has 0 radical (unpaired) electrons. The molecule has 0 rings (SSSR count). The number of carboxylic acid groups (broad SMARTS) is 2. The summed E-state index contributed by atoms with van der Waals surface area (Å²) in [6, 6.07) is -5.32. The second-order valence-electron chi connectivity index (χ2n) is 6.08. The number of thiol groups is 1. The van der Waals surface area contributed by atoms with Gasteiger partial charge in [0.05, 0.1) is 12.5 Å². The van der Waals surface area contributed by atoms with Gasteiger partial charge < -0.3 is 37.6 Å². The molecule has 0 aliphatic heterocycles. The molecule has 0 aromatic carbocycles. The van der Waals surface area contributed by atoms with Gasteiger partial charge in [-0.05, 0) is 13.3 Å². The molecule has 13 nitrogen and oxygen atoms in total. The highest BCUT2D eigenvalue weighted by Gasteiger charge is 2.30. The Hall–Kier alpha value is -2.87. The third-order valence-corrected chi connectivity index (χ3v) is 3.96. The normalized spacial score (nSPS) is 14.6. The third-order valence-electron chi connectivity index (χ3n) is 3.59. The van der Waals surface area contributed by atoms with Gasteiger partial charge >= 0.3 is 11.9 Å². The van der Waals surface area contributed by atoms with Crippen LogP contribution >= 0.6 is 12.6 Å². The van der Waals surface area contributed by atoms with Crippen molar-refractivity contribution in [3.63, 3.8) is 0 Å². The Morgan fingerprint density at radius 1 is 0.931 bits per heavy atom. The van der Waals surface area contributed by atoms with Gasteiger partial charge in [-0.25, -0.2) is 0 Å². The van der Waals surface area contributed by atoms with Crippen LogP contribution in [0.4, 0.5) is 0 Å². The van der Waals surface area contributed by atoms with Crippen molar-refractivity contribution in [2.75, 3.05) is 5.75 Å². The van der Waals surface area contributed by atoms with Crippen LogP contribution in [0.15, 0.2) is 0 Å². The predicted octanol–water partition coefficient (Wildman–Crippen LogP) is -3.46. The van der Waals surface area contributed by atoms with Crippen LogP contribution in [-0.2, 0) is 28.8 Å². The first-order valence-corrected chi connectivity index (χ1v) is 9.02. The van der Waals surface area contributed by atoms with E-state index in [9.17, 15) is 28.8 Å². The lowest BCUT2D eigenvalue weighted by molar-refractivity contribution is -0.143. The van der Waals surface area contributed by atoms with Crippen molar-refractivity contribution in [1.82, 2.24) is 16.0 Å². The van der Waals surface area contributed by atoms with Gasteiger partial charge in [0.15, 0.2) is 0 Å². The second-order valence-corrected chi connectivity index (χ2v) is 6.45. The van der Waals surface area contributed by atoms with Gasteiger partial charge in [-0.15, -0.1) is 0 Å². The largest absolute Gasteiger partial charge is 0.481 e. The summed E-state index contributed by atoms with van der Waals surface area (Å²) >= 11 is 3.92. The molecular weight excluding hydrogens is 410 g/mol. The Morgan fingerprint density at radius 2 is 1.45 bits per heavy atom. The number of hydrogen-bond acceptors (Lipinski definition) is 8. The third kappa shape index (κ3) is 10.3. The van der Waals surface area contributed by atoms with E-state index >= 15 is 0 Å². The van der Waals surface area contributed by atoms with Crippen molar-refractivity contribution in [1.29, 1.82) is 0 Å². The highest BCUT2D eigenvalue weighted by molar-refractivity contribution is 7.80. The van der Waals surface area contributed by atoms with Gasteiger partial charge in [-0.2, -0.15) is 12.6 Å². The predicted molar refractivity (Wildman–Crippen MR) is 102 cm³/mol. The van der Waals surface area contributed by atoms with Gasteiger partial charge in [0, 0.05) is 12.2 Å². The summed E-state index contributed by atoms with van der Waals surface area (Å²) < 4.78 is 0. The molecule has 0 saturated carbocycles. The summed E-state index contributed by atoms with van der Waals surface area (Å²) in [7, 11) is 0. The molecule has 0 aliphatic carbocycles. The Labute approximate surface area is 171 Å². The lowest BCUT2D eigenvalue weighted by Crippen LogP contribution is -2.57. The first-order chi connectivity index (χ1) is 13.4. The zero-order valence-corrected chi connectivity index (χ0v) is 16.5. The van der Waals surface area contributed by atoms with Crippen molar-refractivity contribution in [3.05, 3.63) is 0 Å². The molecular formula is C15H25N5O8S. The maximum atomic E-state index is 12.3. The smallest absolute Gasteiger partial charge is 0.325 e. The Bertz CT molecular complexity index is 659. The molecule has 4 unspecified atom stereocenters. The molecule has 0 fully saturated rings. The fourth-order valence-corrected chi connectivity index (χ4v) is 2.19. The molecule has 0 aromatic heterocycles. The first kappa shape index (κ1) is 26.1. The van der Waals surface area contributed by atoms with Crippen molar-refractivity contribution in [2.24, 2.45) is 11.5 Å². The van der Waals surface area contributed by atoms with Gasteiger partial charge in [-0.3, -0.25) is 28.8 Å². The quantitative estimate of drug-likeness (QED) is 0.134. The van der Waals surface area contributed by atoms with Crippen LogP contribution in [0.1, 0.15) is 26.2 Å². The Kier molecular flexibility index (Phi) is 11.3. The van der Waals surface area contributed by atoms with E-state index in [1.807, 2.05) is 5.32 Å². The fraction of sp³-hybridized carbons (Fsp3) is 0.600. The summed E-state index contributed by atoms with van der Waals surface area (Å²) in [4.78, 5) is 69.0. The van der Waals surface area contributed by atoms with Crippen molar-refractivity contribution in [3.8, 4) is 0 Å². The maximum absolute atomic E-state index is 12.3. The van der Waals surface area contributed by atoms with Gasteiger partial charge in [0.1, 0.15) is 18.1 Å². The van der Waals surface area contributed by atoms with Crippen LogP contribution in [0, 0.1) is 0 Å². The molecule has 0 spiro atoms. The highest BCUT2D eigenvalue weighted by Crippen LogP contribution is 2.00. The molecule has 29 heavy (non-hydrogen) atoms. The summed E-state index contributed by atoms with van der Waals surface area (Å²) in [5, 5.41) is 24.2. The average molecular weight is 435 g/mol. The molecule has 4 atom stereocenters. The van der Waals surface area contributed by atoms with E-state index in [0.29, 0.717) is 0 Å². The molecule has 4 amide bonds. The van der Waals surface area contributed by atoms with Crippen molar-refractivity contribution < 1.29 is 39.0 Å². The lowest BCUT2D eigenvalue weighted by atomic mass is 10.1. The lowest BCUT2D eigenvalue weighted by Gasteiger charge is -2.23. The van der Waals surface area contributed by atoms with Gasteiger partial charge in [0.25, 0.3) is 0 Å². The minimum absolute atomic E-state index is 0.0564. The fourth-order valence-electron chi connectivity index (χ4n) is 1.93. The summed E-state index contributed by atoms with van der Waals surface area (Å²) in [6.45, 7) is 1.16. The molecule has 9 N–H and O–H groups in total. The van der Waals surface area contributed by atoms with E-state index in [2.05, 4.69) is 23.3 Å². The summed E-state index contributed by atoms with van der Waals surface area (Å²) in [5.41, 5.74) is 10.6. The number of carbonyl (C=O) groups is 6. The van der Waals surface area contributed by atoms with E-state index in [0.717, 1.165) is 6.92 Å². The highest BCUT2D eigenvalue weighted by atomic mass is 32.1. The van der Waals surface area contributed by atoms with E-state index in [4.69, 9.17) is 21.7 Å². The molecule has 0 saturated heterocycles. The standard InChI is InChI=1S/C15H25N5O8S/c1-6(15(27)28)18-13(25)8(4-11(22)23)19-14(26)9(5-29)20-12(24)7(16)2-3-10(17)21/h6-9,29H,2-5,16H2,1H3,(H2,17,21)(H,18,25)(H,19,26)(H,20,24)(H,22,23)(H,27,28). The van der Waals surface area contributed by atoms with Crippen LogP contribution in [0.2, 0.25) is 0 Å². The number of carbonyl (C=O) groups excluding carboxylic acids is 4. The van der Waals surface area contributed by atoms with Crippen LogP contribution in [0.5, 0.6) is 0 Å². The zero-order chi connectivity index (χ0) is 22.7. The molecule has 0 aliphatic rings. The van der Waals surface area contributed by atoms with Crippen LogP contribution in [0.25, 0.3) is 0 Å². The number of aliphatic carboxylic acids is 2. The number of carboxylic acids is 2. The molecule has 164 valence electrons. The van der Waals surface area contributed by atoms with Crippen LogP contribution in [0.3, 0.4) is 0 Å². The monoisotopic (exact) mass is 435 g/mol. The number of rotatable bonds is 13. The summed E-state index contributed by atoms with van der Waals surface area (Å²) in [6.07, 6.45) is -1.02. The van der Waals surface area contributed by atoms with Crippen LogP contribution in [-0.4, -0.2) is 75.7 Å². The van der Waals surface area contributed by atoms with Crippen molar-refractivity contribution >= 4 is 48.2 Å². The minimum atomic E-state index is -1.59. The average Bonchev–Trinajstić information content (AvgIpc) is 2.62. The number of amides is 4. The first-order valence-electron chi connectivity index (χ1n) is 8.39. The van der Waals surface area contributed by atoms with Gasteiger partial charge in [-0.1, -0.05) is 0 Å². The van der Waals surface area contributed by atoms with Crippen molar-refractivity contribution in [2.45, 2.75) is 50.4 Å². The molecule has 0 aromatic rings. The van der Waals surface area contributed by atoms with E-state index < -0.39 is 66.2 Å². The minimum Gasteiger partial charge on any atom is -0.481 e. The van der Waals surface area contributed by atoms with E-state index in [-0.39, 0.29) is 18.6 Å². The second kappa shape index (κ2) is 12.6. The van der Waals surface area contributed by atoms with E-state index in [1.54, 1.807) is 0 Å². The Balaban J connectivity index is 5.07. The number of nitrogens with one attached hydrogen (secondary N) is 3. The number of hydrogen-bond donors (Lipinski definition) is 8. The SMILES string of the molecule is CC(NC(=O)C(CC(=O)O)NC(=O)C(CS)NC(=O)C(N)CCC(N)=O)C(=O)O. The molecule has 0 bridgehead atoms. The number of nitrogens with two attached hydrogens (primary N) is 2. The zero-order valence-electron chi connectivity index (χ0n) is 15.6. The topological polar surface area (TPSA) is 231 Å². The molecule has 0 heterocycles. The molecule has 14 heteroatoms. The Morgan fingerprint density at radius 3 is 1.90 bits per heavy atom. The number of primary amides is 1. The summed E-state index contributed by atoms with van der Waals surface area (Å²) in [5.74, 6) is -6.39. The van der Waals surface area contributed by atoms with Crippen LogP contribution < -0.4 is 27.4 Å². The van der Waals surface area contributed by atoms with E-state index in [1.165, 1.54) is 0 Å².